The number of benzene rings is 1. The molecular weight excluding hydrogens is 332 g/mol. The van der Waals surface area contributed by atoms with Crippen LogP contribution in [-0.4, -0.2) is 17.8 Å². The van der Waals surface area contributed by atoms with Gasteiger partial charge in [0.2, 0.25) is 0 Å². The normalized spacial score (nSPS) is 13.3. The van der Waals surface area contributed by atoms with Crippen LogP contribution in [0.15, 0.2) is 68.0 Å². The number of fused-ring (bicyclic) bond motifs is 2. The van der Waals surface area contributed by atoms with E-state index in [0.717, 1.165) is 28.3 Å². The highest BCUT2D eigenvalue weighted by Gasteiger charge is 2.13. The Bertz CT molecular complexity index is 1020. The fourth-order valence-corrected chi connectivity index (χ4v) is 2.75. The molecule has 26 heavy (non-hydrogen) atoms. The molecular formula is C21H22O5. The number of ether oxygens (including phenoxy) is 1. The molecule has 0 saturated heterocycles. The molecule has 1 N–H and O–H groups in total. The standard InChI is InChI=1S/C21H22O5/c1-13(2)17(22)6-4-14(3)8-10-25-21-15-5-7-20(23)26-19(15)12-18-16(21)9-11-24-18/h5,7-9,11-12,17,22H,1,4,6,10H2,2-3H3/t17-/m0/s1. The summed E-state index contributed by atoms with van der Waals surface area (Å²) in [5.41, 5.74) is 2.52. The van der Waals surface area contributed by atoms with Gasteiger partial charge >= 0.3 is 5.63 Å². The Morgan fingerprint density at radius 2 is 2.04 bits per heavy atom. The highest BCUT2D eigenvalue weighted by molar-refractivity contribution is 6.01. The van der Waals surface area contributed by atoms with Crippen molar-refractivity contribution in [2.75, 3.05) is 6.61 Å². The third-order valence-electron chi connectivity index (χ3n) is 4.35. The van der Waals surface area contributed by atoms with Gasteiger partial charge in [0.1, 0.15) is 23.5 Å². The molecule has 5 heteroatoms. The first kappa shape index (κ1) is 18.0. The van der Waals surface area contributed by atoms with Gasteiger partial charge in [0.15, 0.2) is 0 Å². The minimum atomic E-state index is -0.481. The average molecular weight is 354 g/mol. The van der Waals surface area contributed by atoms with E-state index < -0.39 is 11.7 Å². The van der Waals surface area contributed by atoms with Gasteiger partial charge in [0, 0.05) is 12.1 Å². The molecule has 0 fully saturated rings. The molecule has 0 saturated carbocycles. The summed E-state index contributed by atoms with van der Waals surface area (Å²) < 4.78 is 16.7. The van der Waals surface area contributed by atoms with Crippen LogP contribution in [0, 0.1) is 0 Å². The van der Waals surface area contributed by atoms with Gasteiger partial charge < -0.3 is 18.7 Å². The SMILES string of the molecule is C=C(C)[C@@H](O)CCC(C)=CCOc1c2ccoc2cc2oc(=O)ccc12. The van der Waals surface area contributed by atoms with Gasteiger partial charge in [-0.05, 0) is 44.9 Å². The molecule has 0 radical (unpaired) electrons. The van der Waals surface area contributed by atoms with E-state index in [-0.39, 0.29) is 0 Å². The highest BCUT2D eigenvalue weighted by atomic mass is 16.5. The second-order valence-corrected chi connectivity index (χ2v) is 6.47. The highest BCUT2D eigenvalue weighted by Crippen LogP contribution is 2.35. The van der Waals surface area contributed by atoms with Gasteiger partial charge in [-0.3, -0.25) is 0 Å². The number of allylic oxidation sites excluding steroid dienone is 1. The van der Waals surface area contributed by atoms with E-state index in [0.29, 0.717) is 29.9 Å². The van der Waals surface area contributed by atoms with Crippen molar-refractivity contribution in [3.05, 3.63) is 64.7 Å². The van der Waals surface area contributed by atoms with Crippen LogP contribution >= 0.6 is 0 Å². The Morgan fingerprint density at radius 3 is 2.81 bits per heavy atom. The first-order valence-electron chi connectivity index (χ1n) is 8.51. The summed E-state index contributed by atoms with van der Waals surface area (Å²) in [5, 5.41) is 11.4. The van der Waals surface area contributed by atoms with Crippen LogP contribution in [0.4, 0.5) is 0 Å². The summed E-state index contributed by atoms with van der Waals surface area (Å²) in [6, 6.07) is 6.60. The van der Waals surface area contributed by atoms with Crippen LogP contribution in [-0.2, 0) is 0 Å². The lowest BCUT2D eigenvalue weighted by molar-refractivity contribution is 0.201. The van der Waals surface area contributed by atoms with Crippen molar-refractivity contribution >= 4 is 21.9 Å². The monoisotopic (exact) mass is 354 g/mol. The number of hydrogen-bond acceptors (Lipinski definition) is 5. The smallest absolute Gasteiger partial charge is 0.336 e. The lowest BCUT2D eigenvalue weighted by atomic mass is 10.0. The second kappa shape index (κ2) is 7.62. The minimum Gasteiger partial charge on any atom is -0.488 e. The van der Waals surface area contributed by atoms with Gasteiger partial charge in [-0.15, -0.1) is 0 Å². The second-order valence-electron chi connectivity index (χ2n) is 6.47. The molecule has 0 spiro atoms. The van der Waals surface area contributed by atoms with Gasteiger partial charge in [0.05, 0.1) is 23.1 Å². The topological polar surface area (TPSA) is 72.8 Å². The summed E-state index contributed by atoms with van der Waals surface area (Å²) in [6.07, 6.45) is 4.49. The first-order valence-corrected chi connectivity index (χ1v) is 8.51. The predicted molar refractivity (Wildman–Crippen MR) is 102 cm³/mol. The summed E-state index contributed by atoms with van der Waals surface area (Å²) in [4.78, 5) is 11.5. The maximum Gasteiger partial charge on any atom is 0.336 e. The van der Waals surface area contributed by atoms with E-state index >= 15 is 0 Å². The van der Waals surface area contributed by atoms with Crippen LogP contribution in [0.3, 0.4) is 0 Å². The van der Waals surface area contributed by atoms with Gasteiger partial charge in [-0.25, -0.2) is 4.79 Å². The molecule has 0 amide bonds. The molecule has 1 atom stereocenters. The zero-order chi connectivity index (χ0) is 18.7. The molecule has 3 aromatic rings. The van der Waals surface area contributed by atoms with E-state index in [1.165, 1.54) is 6.07 Å². The quantitative estimate of drug-likeness (QED) is 0.496. The van der Waals surface area contributed by atoms with Crippen molar-refractivity contribution < 1.29 is 18.7 Å². The summed E-state index contributed by atoms with van der Waals surface area (Å²) in [5.74, 6) is 0.626. The van der Waals surface area contributed by atoms with Gasteiger partial charge in [0.25, 0.3) is 0 Å². The third kappa shape index (κ3) is 3.89. The van der Waals surface area contributed by atoms with Crippen molar-refractivity contribution in [1.29, 1.82) is 0 Å². The van der Waals surface area contributed by atoms with Crippen molar-refractivity contribution in [2.24, 2.45) is 0 Å². The molecule has 3 rings (SSSR count). The van der Waals surface area contributed by atoms with E-state index in [1.807, 2.05) is 26.0 Å². The molecule has 2 aromatic heterocycles. The van der Waals surface area contributed by atoms with E-state index in [2.05, 4.69) is 6.58 Å². The number of hydrogen-bond donors (Lipinski definition) is 1. The fraction of sp³-hybridized carbons (Fsp3) is 0.286. The molecule has 0 aliphatic rings. The van der Waals surface area contributed by atoms with Gasteiger partial charge in [-0.1, -0.05) is 17.7 Å². The number of aliphatic hydroxyl groups excluding tert-OH is 1. The zero-order valence-electron chi connectivity index (χ0n) is 15.0. The Morgan fingerprint density at radius 1 is 1.27 bits per heavy atom. The largest absolute Gasteiger partial charge is 0.488 e. The lowest BCUT2D eigenvalue weighted by Crippen LogP contribution is -2.07. The lowest BCUT2D eigenvalue weighted by Gasteiger charge is -2.11. The third-order valence-corrected chi connectivity index (χ3v) is 4.35. The predicted octanol–water partition coefficient (Wildman–Crippen LogP) is 4.58. The molecule has 0 unspecified atom stereocenters. The zero-order valence-corrected chi connectivity index (χ0v) is 15.0. The summed E-state index contributed by atoms with van der Waals surface area (Å²) >= 11 is 0. The molecule has 0 aliphatic heterocycles. The Balaban J connectivity index is 1.79. The Labute approximate surface area is 151 Å². The van der Waals surface area contributed by atoms with E-state index in [9.17, 15) is 9.90 Å². The van der Waals surface area contributed by atoms with E-state index in [1.54, 1.807) is 18.4 Å². The maximum absolute atomic E-state index is 11.5. The van der Waals surface area contributed by atoms with E-state index in [4.69, 9.17) is 13.6 Å². The van der Waals surface area contributed by atoms with Crippen molar-refractivity contribution in [3.8, 4) is 5.75 Å². The number of furan rings is 1. The van der Waals surface area contributed by atoms with Crippen molar-refractivity contribution in [3.63, 3.8) is 0 Å². The molecule has 1 aromatic carbocycles. The fourth-order valence-electron chi connectivity index (χ4n) is 2.75. The number of aliphatic hydroxyl groups is 1. The first-order chi connectivity index (χ1) is 12.5. The van der Waals surface area contributed by atoms with Gasteiger partial charge in [-0.2, -0.15) is 0 Å². The van der Waals surface area contributed by atoms with Crippen LogP contribution in [0.1, 0.15) is 26.7 Å². The molecule has 0 aliphatic carbocycles. The number of rotatable bonds is 7. The summed E-state index contributed by atoms with van der Waals surface area (Å²) in [7, 11) is 0. The molecule has 2 heterocycles. The molecule has 136 valence electrons. The van der Waals surface area contributed by atoms with Crippen molar-refractivity contribution in [2.45, 2.75) is 32.8 Å². The molecule has 5 nitrogen and oxygen atoms in total. The molecule has 0 bridgehead atoms. The Kier molecular flexibility index (Phi) is 5.28. The van der Waals surface area contributed by atoms with Crippen LogP contribution in [0.25, 0.3) is 21.9 Å². The van der Waals surface area contributed by atoms with Crippen molar-refractivity contribution in [1.82, 2.24) is 0 Å². The van der Waals surface area contributed by atoms with Crippen LogP contribution in [0.2, 0.25) is 0 Å². The van der Waals surface area contributed by atoms with Crippen LogP contribution in [0.5, 0.6) is 5.75 Å². The summed E-state index contributed by atoms with van der Waals surface area (Å²) in [6.45, 7) is 7.95. The maximum atomic E-state index is 11.5. The Hall–Kier alpha value is -2.79. The minimum absolute atomic E-state index is 0.369. The van der Waals surface area contributed by atoms with Crippen LogP contribution < -0.4 is 10.4 Å². The average Bonchev–Trinajstić information content (AvgIpc) is 3.06.